The summed E-state index contributed by atoms with van der Waals surface area (Å²) in [6.07, 6.45) is 2.16. The number of aromatic nitrogens is 3. The van der Waals surface area contributed by atoms with E-state index < -0.39 is 0 Å². The van der Waals surface area contributed by atoms with E-state index in [1.54, 1.807) is 12.1 Å². The van der Waals surface area contributed by atoms with Crippen LogP contribution in [-0.4, -0.2) is 39.0 Å². The minimum absolute atomic E-state index is 0.0580. The first-order valence-corrected chi connectivity index (χ1v) is 11.3. The van der Waals surface area contributed by atoms with Gasteiger partial charge in [0.15, 0.2) is 16.8 Å². The topological polar surface area (TPSA) is 69.0 Å². The maximum atomic E-state index is 13.1. The molecule has 1 atom stereocenters. The summed E-state index contributed by atoms with van der Waals surface area (Å²) in [5.74, 6) is 0.828. The number of thioether (sulfide) groups is 1. The molecule has 1 aliphatic heterocycles. The number of carbonyl (C=O) groups excluding carboxylic acids is 1. The highest BCUT2D eigenvalue weighted by Gasteiger charge is 2.21. The number of carbonyl (C=O) groups is 1. The van der Waals surface area contributed by atoms with Crippen LogP contribution in [0.2, 0.25) is 0 Å². The molecule has 1 unspecified atom stereocenters. The van der Waals surface area contributed by atoms with Crippen molar-refractivity contribution in [1.82, 2.24) is 14.8 Å². The molecule has 3 aromatic rings. The van der Waals surface area contributed by atoms with Crippen molar-refractivity contribution in [2.45, 2.75) is 44.1 Å². The van der Waals surface area contributed by atoms with Crippen LogP contribution in [-0.2, 0) is 17.8 Å². The Kier molecular flexibility index (Phi) is 6.99. The first-order valence-electron chi connectivity index (χ1n) is 10.3. The molecule has 2 heterocycles. The fourth-order valence-corrected chi connectivity index (χ4v) is 4.29. The van der Waals surface area contributed by atoms with Crippen LogP contribution in [0.3, 0.4) is 0 Å². The minimum Gasteiger partial charge on any atom is -0.378 e. The molecule has 1 saturated heterocycles. The Morgan fingerprint density at radius 1 is 1.19 bits per heavy atom. The highest BCUT2D eigenvalue weighted by atomic mass is 32.2. The zero-order valence-electron chi connectivity index (χ0n) is 17.4. The third-order valence-corrected chi connectivity index (χ3v) is 6.17. The number of ether oxygens (including phenoxy) is 1. The van der Waals surface area contributed by atoms with Crippen LogP contribution in [0, 0.1) is 12.7 Å². The Hall–Kier alpha value is -2.71. The lowest BCUT2D eigenvalue weighted by Gasteiger charge is -2.15. The second-order valence-corrected chi connectivity index (χ2v) is 8.53. The lowest BCUT2D eigenvalue weighted by Crippen LogP contribution is -2.19. The van der Waals surface area contributed by atoms with Crippen LogP contribution in [0.15, 0.2) is 53.7 Å². The Bertz CT molecular complexity index is 1020. The quantitative estimate of drug-likeness (QED) is 0.391. The average molecular weight is 441 g/mol. The van der Waals surface area contributed by atoms with Gasteiger partial charge in [-0.3, -0.25) is 4.79 Å². The van der Waals surface area contributed by atoms with Gasteiger partial charge in [0.05, 0.1) is 24.9 Å². The van der Waals surface area contributed by atoms with E-state index in [9.17, 15) is 9.18 Å². The average Bonchev–Trinajstić information content (AvgIpc) is 3.43. The van der Waals surface area contributed by atoms with Gasteiger partial charge in [0, 0.05) is 17.9 Å². The van der Waals surface area contributed by atoms with Gasteiger partial charge in [-0.15, -0.1) is 10.2 Å². The monoisotopic (exact) mass is 440 g/mol. The fraction of sp³-hybridized carbons (Fsp3) is 0.348. The van der Waals surface area contributed by atoms with Crippen LogP contribution in [0.1, 0.15) is 34.6 Å². The number of aryl methyl sites for hydroxylation is 1. The Labute approximate surface area is 185 Å². The summed E-state index contributed by atoms with van der Waals surface area (Å²) < 4.78 is 21.0. The summed E-state index contributed by atoms with van der Waals surface area (Å²) in [6, 6.07) is 13.8. The van der Waals surface area contributed by atoms with Crippen molar-refractivity contribution in [1.29, 1.82) is 0 Å². The van der Waals surface area contributed by atoms with Gasteiger partial charge in [0.1, 0.15) is 5.82 Å². The predicted molar refractivity (Wildman–Crippen MR) is 119 cm³/mol. The van der Waals surface area contributed by atoms with Gasteiger partial charge in [0.25, 0.3) is 0 Å². The summed E-state index contributed by atoms with van der Waals surface area (Å²) in [7, 11) is 0. The van der Waals surface area contributed by atoms with Crippen molar-refractivity contribution in [3.05, 3.63) is 71.3 Å². The van der Waals surface area contributed by atoms with E-state index in [-0.39, 0.29) is 23.5 Å². The molecular weight excluding hydrogens is 415 g/mol. The number of nitrogens with one attached hydrogen (secondary N) is 1. The molecule has 162 valence electrons. The molecule has 2 aromatic carbocycles. The fourth-order valence-electron chi connectivity index (χ4n) is 3.43. The van der Waals surface area contributed by atoms with Crippen molar-refractivity contribution in [2.75, 3.05) is 17.7 Å². The maximum absolute atomic E-state index is 13.1. The third-order valence-electron chi connectivity index (χ3n) is 5.20. The van der Waals surface area contributed by atoms with Crippen molar-refractivity contribution in [3.63, 3.8) is 0 Å². The lowest BCUT2D eigenvalue weighted by atomic mass is 10.1. The molecular formula is C23H25FN4O2S. The number of benzene rings is 2. The van der Waals surface area contributed by atoms with Crippen molar-refractivity contribution in [3.8, 4) is 0 Å². The van der Waals surface area contributed by atoms with Crippen LogP contribution in [0.25, 0.3) is 0 Å². The number of hydrogen-bond acceptors (Lipinski definition) is 6. The molecule has 4 rings (SSSR count). The largest absolute Gasteiger partial charge is 0.378 e. The zero-order valence-corrected chi connectivity index (χ0v) is 18.2. The molecule has 1 N–H and O–H groups in total. The first kappa shape index (κ1) is 21.5. The van der Waals surface area contributed by atoms with E-state index in [2.05, 4.69) is 15.5 Å². The normalized spacial score (nSPS) is 15.9. The molecule has 0 aliphatic carbocycles. The number of halogens is 1. The van der Waals surface area contributed by atoms with Gasteiger partial charge < -0.3 is 14.6 Å². The van der Waals surface area contributed by atoms with E-state index in [0.717, 1.165) is 36.5 Å². The van der Waals surface area contributed by atoms with Gasteiger partial charge in [-0.05, 0) is 44.0 Å². The molecule has 0 bridgehead atoms. The van der Waals surface area contributed by atoms with Gasteiger partial charge in [0.2, 0.25) is 0 Å². The first-order chi connectivity index (χ1) is 15.1. The number of ketones is 1. The summed E-state index contributed by atoms with van der Waals surface area (Å²) >= 11 is 1.39. The highest BCUT2D eigenvalue weighted by molar-refractivity contribution is 7.99. The summed E-state index contributed by atoms with van der Waals surface area (Å²) in [4.78, 5) is 12.6. The maximum Gasteiger partial charge on any atom is 0.191 e. The van der Waals surface area contributed by atoms with Gasteiger partial charge in [-0.2, -0.15) is 0 Å². The second-order valence-electron chi connectivity index (χ2n) is 7.58. The minimum atomic E-state index is -0.274. The second kappa shape index (κ2) is 10.1. The Morgan fingerprint density at radius 3 is 2.68 bits per heavy atom. The van der Waals surface area contributed by atoms with Gasteiger partial charge >= 0.3 is 0 Å². The molecule has 0 saturated carbocycles. The van der Waals surface area contributed by atoms with Crippen LogP contribution >= 0.6 is 11.8 Å². The molecule has 1 aliphatic rings. The molecule has 0 spiro atoms. The predicted octanol–water partition coefficient (Wildman–Crippen LogP) is 4.49. The van der Waals surface area contributed by atoms with E-state index in [1.807, 2.05) is 35.8 Å². The number of rotatable bonds is 9. The van der Waals surface area contributed by atoms with Crippen molar-refractivity contribution in [2.24, 2.45) is 0 Å². The smallest absolute Gasteiger partial charge is 0.191 e. The summed E-state index contributed by atoms with van der Waals surface area (Å²) in [6.45, 7) is 3.86. The summed E-state index contributed by atoms with van der Waals surface area (Å²) in [5.41, 5.74) is 2.62. The van der Waals surface area contributed by atoms with Crippen molar-refractivity contribution >= 4 is 23.2 Å². The molecule has 31 heavy (non-hydrogen) atoms. The standard InChI is InChI=1S/C23H25FN4O2S/c1-16-4-6-17(7-5-16)21(29)15-31-23-27-26-22(28(23)14-20-3-2-12-30-20)13-25-19-10-8-18(24)9-11-19/h4-11,20,25H,2-3,12-15H2,1H3. The van der Waals surface area contributed by atoms with E-state index >= 15 is 0 Å². The van der Waals surface area contributed by atoms with Gasteiger partial charge in [-0.1, -0.05) is 41.6 Å². The molecule has 6 nitrogen and oxygen atoms in total. The number of hydrogen-bond donors (Lipinski definition) is 1. The Morgan fingerprint density at radius 2 is 1.97 bits per heavy atom. The number of Topliss-reactive ketones (excluding diaryl/α,β-unsaturated/α-hetero) is 1. The summed E-state index contributed by atoms with van der Waals surface area (Å²) in [5, 5.41) is 12.6. The van der Waals surface area contributed by atoms with Crippen LogP contribution in [0.5, 0.6) is 0 Å². The van der Waals surface area contributed by atoms with Crippen molar-refractivity contribution < 1.29 is 13.9 Å². The third kappa shape index (κ3) is 5.71. The lowest BCUT2D eigenvalue weighted by molar-refractivity contribution is 0.0942. The molecule has 8 heteroatoms. The van der Waals surface area contributed by atoms with Gasteiger partial charge in [-0.25, -0.2) is 4.39 Å². The number of anilines is 1. The Balaban J connectivity index is 1.45. The van der Waals surface area contributed by atoms with E-state index in [1.165, 1.54) is 23.9 Å². The zero-order chi connectivity index (χ0) is 21.6. The molecule has 0 amide bonds. The SMILES string of the molecule is Cc1ccc(C(=O)CSc2nnc(CNc3ccc(F)cc3)n2CC2CCCO2)cc1. The van der Waals surface area contributed by atoms with E-state index in [0.29, 0.717) is 23.8 Å². The molecule has 1 fully saturated rings. The molecule has 0 radical (unpaired) electrons. The number of nitrogens with zero attached hydrogens (tertiary/aromatic N) is 3. The van der Waals surface area contributed by atoms with Crippen LogP contribution < -0.4 is 5.32 Å². The molecule has 1 aromatic heterocycles. The highest BCUT2D eigenvalue weighted by Crippen LogP contribution is 2.23. The van der Waals surface area contributed by atoms with Crippen LogP contribution in [0.4, 0.5) is 10.1 Å². The van der Waals surface area contributed by atoms with E-state index in [4.69, 9.17) is 4.74 Å².